The number of amides is 2. The highest BCUT2D eigenvalue weighted by atomic mass is 127. The van der Waals surface area contributed by atoms with E-state index in [9.17, 15) is 19.2 Å². The number of nitrogens with zero attached hydrogens (tertiary/aromatic N) is 3. The van der Waals surface area contributed by atoms with Crippen molar-refractivity contribution in [1.82, 2.24) is 19.4 Å². The molecule has 2 amide bonds. The maximum Gasteiger partial charge on any atom is 0.331 e. The maximum atomic E-state index is 12.1. The lowest BCUT2D eigenvalue weighted by atomic mass is 10.3. The van der Waals surface area contributed by atoms with E-state index in [4.69, 9.17) is 0 Å². The van der Waals surface area contributed by atoms with Gasteiger partial charge in [0.2, 0.25) is 11.8 Å². The Hall–Kier alpha value is -1.65. The predicted octanol–water partition coefficient (Wildman–Crippen LogP) is -1.89. The standard InChI is InChI=1S/C11H13IN4O4/c1-14-4-7(12)10(19)16(11(14)20)6-9(18)15-3-2-13-8(17)5-15/h4H,2-3,5-6H2,1H3,(H,13,17). The minimum Gasteiger partial charge on any atom is -0.353 e. The van der Waals surface area contributed by atoms with Crippen molar-refractivity contribution >= 4 is 34.4 Å². The van der Waals surface area contributed by atoms with Crippen LogP contribution in [0.5, 0.6) is 0 Å². The highest BCUT2D eigenvalue weighted by Crippen LogP contribution is 1.97. The average molecular weight is 392 g/mol. The van der Waals surface area contributed by atoms with E-state index in [1.54, 1.807) is 0 Å². The Morgan fingerprint density at radius 1 is 1.40 bits per heavy atom. The van der Waals surface area contributed by atoms with Gasteiger partial charge in [-0.25, -0.2) is 9.36 Å². The van der Waals surface area contributed by atoms with Crippen LogP contribution in [0.1, 0.15) is 0 Å². The van der Waals surface area contributed by atoms with Crippen LogP contribution < -0.4 is 16.6 Å². The predicted molar refractivity (Wildman–Crippen MR) is 78.2 cm³/mol. The van der Waals surface area contributed by atoms with E-state index >= 15 is 0 Å². The molecular formula is C11H13IN4O4. The number of hydrogen-bond acceptors (Lipinski definition) is 4. The summed E-state index contributed by atoms with van der Waals surface area (Å²) in [5.74, 6) is -0.659. The molecule has 9 heteroatoms. The van der Waals surface area contributed by atoms with Gasteiger partial charge in [0.15, 0.2) is 0 Å². The first kappa shape index (κ1) is 14.8. The Bertz CT molecular complexity index is 644. The fraction of sp³-hybridized carbons (Fsp3) is 0.455. The van der Waals surface area contributed by atoms with Crippen LogP contribution in [0.3, 0.4) is 0 Å². The lowest BCUT2D eigenvalue weighted by molar-refractivity contribution is -0.138. The van der Waals surface area contributed by atoms with Crippen molar-refractivity contribution in [3.05, 3.63) is 30.6 Å². The summed E-state index contributed by atoms with van der Waals surface area (Å²) in [7, 11) is 1.51. The number of carbonyl (C=O) groups excluding carboxylic acids is 2. The highest BCUT2D eigenvalue weighted by molar-refractivity contribution is 14.1. The highest BCUT2D eigenvalue weighted by Gasteiger charge is 2.22. The van der Waals surface area contributed by atoms with E-state index in [2.05, 4.69) is 5.32 Å². The third-order valence-electron chi connectivity index (χ3n) is 2.97. The number of carbonyl (C=O) groups is 2. The van der Waals surface area contributed by atoms with E-state index in [1.807, 2.05) is 22.6 Å². The van der Waals surface area contributed by atoms with Gasteiger partial charge in [-0.15, -0.1) is 0 Å². The first-order valence-electron chi connectivity index (χ1n) is 5.90. The molecular weight excluding hydrogens is 379 g/mol. The minimum absolute atomic E-state index is 0.0438. The zero-order chi connectivity index (χ0) is 14.9. The number of rotatable bonds is 2. The topological polar surface area (TPSA) is 93.4 Å². The first-order valence-corrected chi connectivity index (χ1v) is 6.98. The van der Waals surface area contributed by atoms with Crippen LogP contribution in [0, 0.1) is 3.57 Å². The van der Waals surface area contributed by atoms with Gasteiger partial charge >= 0.3 is 5.69 Å². The number of piperazine rings is 1. The molecule has 0 unspecified atom stereocenters. The molecule has 2 heterocycles. The second-order valence-electron chi connectivity index (χ2n) is 4.43. The normalized spacial score (nSPS) is 15.1. The summed E-state index contributed by atoms with van der Waals surface area (Å²) in [5.41, 5.74) is -1.05. The van der Waals surface area contributed by atoms with Crippen LogP contribution in [0.2, 0.25) is 0 Å². The van der Waals surface area contributed by atoms with Gasteiger partial charge in [0.25, 0.3) is 5.56 Å². The maximum absolute atomic E-state index is 12.1. The summed E-state index contributed by atoms with van der Waals surface area (Å²) in [6, 6.07) is 0. The molecule has 1 saturated heterocycles. The fourth-order valence-corrected chi connectivity index (χ4v) is 2.62. The molecule has 0 radical (unpaired) electrons. The van der Waals surface area contributed by atoms with Gasteiger partial charge in [0.05, 0.1) is 10.1 Å². The molecule has 108 valence electrons. The molecule has 1 aliphatic rings. The molecule has 1 aromatic rings. The van der Waals surface area contributed by atoms with Crippen molar-refractivity contribution in [2.24, 2.45) is 7.05 Å². The van der Waals surface area contributed by atoms with Gasteiger partial charge in [0, 0.05) is 26.3 Å². The van der Waals surface area contributed by atoms with Crippen molar-refractivity contribution < 1.29 is 9.59 Å². The fourth-order valence-electron chi connectivity index (χ4n) is 1.91. The Morgan fingerprint density at radius 3 is 2.75 bits per heavy atom. The summed E-state index contributed by atoms with van der Waals surface area (Å²) >= 11 is 1.81. The Labute approximate surface area is 127 Å². The zero-order valence-corrected chi connectivity index (χ0v) is 12.9. The molecule has 2 rings (SSSR count). The molecule has 1 aliphatic heterocycles. The van der Waals surface area contributed by atoms with Crippen molar-refractivity contribution in [3.8, 4) is 0 Å². The summed E-state index contributed by atoms with van der Waals surface area (Å²) in [6.07, 6.45) is 1.42. The third-order valence-corrected chi connectivity index (χ3v) is 3.71. The van der Waals surface area contributed by atoms with Crippen LogP contribution in [0.4, 0.5) is 0 Å². The monoisotopic (exact) mass is 392 g/mol. The molecule has 20 heavy (non-hydrogen) atoms. The van der Waals surface area contributed by atoms with Crippen molar-refractivity contribution in [2.75, 3.05) is 19.6 Å². The molecule has 0 bridgehead atoms. The zero-order valence-electron chi connectivity index (χ0n) is 10.8. The van der Waals surface area contributed by atoms with Gasteiger partial charge in [-0.1, -0.05) is 0 Å². The Balaban J connectivity index is 2.26. The quantitative estimate of drug-likeness (QED) is 0.596. The summed E-state index contributed by atoms with van der Waals surface area (Å²) < 4.78 is 2.49. The van der Waals surface area contributed by atoms with Crippen LogP contribution >= 0.6 is 22.6 Å². The largest absolute Gasteiger partial charge is 0.353 e. The molecule has 0 aliphatic carbocycles. The van der Waals surface area contributed by atoms with Crippen LogP contribution in [0.15, 0.2) is 15.8 Å². The number of nitrogens with one attached hydrogen (secondary N) is 1. The number of aromatic nitrogens is 2. The van der Waals surface area contributed by atoms with Gasteiger partial charge in [0.1, 0.15) is 6.54 Å². The number of hydrogen-bond donors (Lipinski definition) is 1. The SMILES string of the molecule is Cn1cc(I)c(=O)n(CC(=O)N2CCNC(=O)C2)c1=O. The third kappa shape index (κ3) is 2.92. The summed E-state index contributed by atoms with van der Waals surface area (Å²) in [5, 5.41) is 2.60. The molecule has 1 fully saturated rings. The molecule has 1 N–H and O–H groups in total. The van der Waals surface area contributed by atoms with E-state index in [0.29, 0.717) is 16.7 Å². The summed E-state index contributed by atoms with van der Waals surface area (Å²) in [6.45, 7) is 0.362. The van der Waals surface area contributed by atoms with Crippen molar-refractivity contribution in [2.45, 2.75) is 6.54 Å². The minimum atomic E-state index is -0.551. The molecule has 1 aromatic heterocycles. The number of aryl methyl sites for hydroxylation is 1. The Morgan fingerprint density at radius 2 is 2.10 bits per heavy atom. The van der Waals surface area contributed by atoms with E-state index in [0.717, 1.165) is 4.57 Å². The van der Waals surface area contributed by atoms with Crippen LogP contribution in [-0.2, 0) is 23.2 Å². The van der Waals surface area contributed by atoms with Crippen molar-refractivity contribution in [1.29, 1.82) is 0 Å². The lowest BCUT2D eigenvalue weighted by Crippen LogP contribution is -2.52. The van der Waals surface area contributed by atoms with E-state index < -0.39 is 17.2 Å². The second kappa shape index (κ2) is 5.77. The molecule has 0 saturated carbocycles. The molecule has 8 nitrogen and oxygen atoms in total. The van der Waals surface area contributed by atoms with Crippen LogP contribution in [-0.4, -0.2) is 45.5 Å². The molecule has 0 atom stereocenters. The van der Waals surface area contributed by atoms with Crippen molar-refractivity contribution in [3.63, 3.8) is 0 Å². The second-order valence-corrected chi connectivity index (χ2v) is 5.59. The van der Waals surface area contributed by atoms with Gasteiger partial charge in [-0.3, -0.25) is 14.4 Å². The van der Waals surface area contributed by atoms with E-state index in [-0.39, 0.29) is 19.0 Å². The molecule has 0 aromatic carbocycles. The smallest absolute Gasteiger partial charge is 0.331 e. The van der Waals surface area contributed by atoms with Crippen LogP contribution in [0.25, 0.3) is 0 Å². The van der Waals surface area contributed by atoms with Gasteiger partial charge in [-0.05, 0) is 22.6 Å². The van der Waals surface area contributed by atoms with E-state index in [1.165, 1.54) is 22.7 Å². The average Bonchev–Trinajstić information content (AvgIpc) is 2.41. The lowest BCUT2D eigenvalue weighted by Gasteiger charge is -2.26. The first-order chi connectivity index (χ1) is 9.40. The Kier molecular flexibility index (Phi) is 4.26. The van der Waals surface area contributed by atoms with Gasteiger partial charge in [-0.2, -0.15) is 0 Å². The summed E-state index contributed by atoms with van der Waals surface area (Å²) in [4.78, 5) is 48.5. The molecule has 0 spiro atoms. The van der Waals surface area contributed by atoms with Gasteiger partial charge < -0.3 is 14.8 Å². The number of halogens is 1.